The Balaban J connectivity index is 3.80. The molecule has 21 heavy (non-hydrogen) atoms. The number of allylic oxidation sites excluding steroid dienone is 6. The lowest BCUT2D eigenvalue weighted by Gasteiger charge is -2.04. The van der Waals surface area contributed by atoms with Gasteiger partial charge in [-0.2, -0.15) is 0 Å². The van der Waals surface area contributed by atoms with Crippen molar-refractivity contribution in [3.05, 3.63) is 47.6 Å². The van der Waals surface area contributed by atoms with Gasteiger partial charge in [0, 0.05) is 0 Å². The Bertz CT molecular complexity index is 311. The molecule has 0 aliphatic rings. The molecule has 0 N–H and O–H groups in total. The van der Waals surface area contributed by atoms with Gasteiger partial charge in [-0.05, 0) is 37.8 Å². The van der Waals surface area contributed by atoms with Gasteiger partial charge in [-0.1, -0.05) is 76.0 Å². The maximum absolute atomic E-state index is 5.71. The first-order chi connectivity index (χ1) is 10.2. The average Bonchev–Trinajstić information content (AvgIpc) is 2.47. The SMILES string of the molecule is CCCC/C=C/C=C(\C)COC/C(C)=C/C=C/CCCC. The van der Waals surface area contributed by atoms with Crippen molar-refractivity contribution in [2.45, 2.75) is 66.2 Å². The van der Waals surface area contributed by atoms with E-state index in [1.54, 1.807) is 0 Å². The van der Waals surface area contributed by atoms with Crippen LogP contribution in [0.1, 0.15) is 66.2 Å². The number of hydrogen-bond acceptors (Lipinski definition) is 1. The van der Waals surface area contributed by atoms with Crippen molar-refractivity contribution in [3.8, 4) is 0 Å². The number of rotatable bonds is 12. The number of hydrogen-bond donors (Lipinski definition) is 0. The molecule has 0 aliphatic heterocycles. The highest BCUT2D eigenvalue weighted by Gasteiger charge is 1.91. The van der Waals surface area contributed by atoms with Crippen molar-refractivity contribution in [1.29, 1.82) is 0 Å². The van der Waals surface area contributed by atoms with Crippen LogP contribution in [-0.4, -0.2) is 13.2 Å². The quantitative estimate of drug-likeness (QED) is 0.299. The van der Waals surface area contributed by atoms with Crippen LogP contribution < -0.4 is 0 Å². The molecule has 1 nitrogen and oxygen atoms in total. The maximum Gasteiger partial charge on any atom is 0.0681 e. The van der Waals surface area contributed by atoms with Gasteiger partial charge in [-0.25, -0.2) is 0 Å². The Kier molecular flexibility index (Phi) is 14.5. The fraction of sp³-hybridized carbons (Fsp3) is 0.600. The lowest BCUT2D eigenvalue weighted by Crippen LogP contribution is -1.98. The van der Waals surface area contributed by atoms with Crippen molar-refractivity contribution in [2.75, 3.05) is 13.2 Å². The molecule has 0 spiro atoms. The van der Waals surface area contributed by atoms with Gasteiger partial charge in [0.2, 0.25) is 0 Å². The van der Waals surface area contributed by atoms with Gasteiger partial charge in [0.05, 0.1) is 13.2 Å². The van der Waals surface area contributed by atoms with Crippen LogP contribution in [0.2, 0.25) is 0 Å². The molecule has 0 saturated heterocycles. The van der Waals surface area contributed by atoms with Gasteiger partial charge in [0.15, 0.2) is 0 Å². The van der Waals surface area contributed by atoms with E-state index in [1.807, 2.05) is 0 Å². The van der Waals surface area contributed by atoms with E-state index in [2.05, 4.69) is 64.2 Å². The highest BCUT2D eigenvalue weighted by Crippen LogP contribution is 2.01. The minimum absolute atomic E-state index is 0.711. The van der Waals surface area contributed by atoms with Crippen LogP contribution in [0.5, 0.6) is 0 Å². The van der Waals surface area contributed by atoms with E-state index in [9.17, 15) is 0 Å². The normalized spacial score (nSPS) is 13.7. The Morgan fingerprint density at radius 3 is 1.57 bits per heavy atom. The summed E-state index contributed by atoms with van der Waals surface area (Å²) in [5, 5.41) is 0. The largest absolute Gasteiger partial charge is 0.373 e. The molecule has 0 heterocycles. The predicted octanol–water partition coefficient (Wildman–Crippen LogP) is 6.39. The maximum atomic E-state index is 5.71. The summed E-state index contributed by atoms with van der Waals surface area (Å²) < 4.78 is 5.71. The zero-order valence-electron chi connectivity index (χ0n) is 14.5. The minimum Gasteiger partial charge on any atom is -0.373 e. The summed E-state index contributed by atoms with van der Waals surface area (Å²) in [6.07, 6.45) is 20.5. The number of unbranched alkanes of at least 4 members (excludes halogenated alkanes) is 4. The molecule has 0 atom stereocenters. The average molecular weight is 290 g/mol. The summed E-state index contributed by atoms with van der Waals surface area (Å²) in [5.41, 5.74) is 2.54. The second kappa shape index (κ2) is 15.3. The smallest absolute Gasteiger partial charge is 0.0681 e. The topological polar surface area (TPSA) is 9.23 Å². The molecule has 0 fully saturated rings. The monoisotopic (exact) mass is 290 g/mol. The lowest BCUT2D eigenvalue weighted by atomic mass is 10.2. The summed E-state index contributed by atoms with van der Waals surface area (Å²) in [6, 6.07) is 0. The molecule has 0 radical (unpaired) electrons. The van der Waals surface area contributed by atoms with E-state index in [4.69, 9.17) is 4.74 Å². The Hall–Kier alpha value is -1.08. The van der Waals surface area contributed by atoms with Gasteiger partial charge >= 0.3 is 0 Å². The van der Waals surface area contributed by atoms with Crippen LogP contribution in [-0.2, 0) is 4.74 Å². The van der Waals surface area contributed by atoms with Crippen LogP contribution in [0.25, 0.3) is 0 Å². The molecule has 0 amide bonds. The fourth-order valence-electron chi connectivity index (χ4n) is 1.77. The summed E-state index contributed by atoms with van der Waals surface area (Å²) in [7, 11) is 0. The second-order valence-corrected chi connectivity index (χ2v) is 5.66. The summed E-state index contributed by atoms with van der Waals surface area (Å²) in [6.45, 7) is 10.1. The number of ether oxygens (including phenoxy) is 1. The standard InChI is InChI=1S/C20H34O/c1-5-7-9-11-13-15-19(3)17-21-18-20(4)16-14-12-10-8-6-2/h11-16H,5-10,17-18H2,1-4H3/b13-11+,14-12+,19-15+,20-16+. The first kappa shape index (κ1) is 19.9. The molecule has 0 bridgehead atoms. The van der Waals surface area contributed by atoms with E-state index in [0.717, 1.165) is 0 Å². The van der Waals surface area contributed by atoms with Crippen molar-refractivity contribution >= 4 is 0 Å². The first-order valence-corrected chi connectivity index (χ1v) is 8.43. The zero-order chi connectivity index (χ0) is 15.8. The minimum atomic E-state index is 0.711. The van der Waals surface area contributed by atoms with Crippen molar-refractivity contribution in [1.82, 2.24) is 0 Å². The predicted molar refractivity (Wildman–Crippen MR) is 95.7 cm³/mol. The highest BCUT2D eigenvalue weighted by molar-refractivity contribution is 5.12. The van der Waals surface area contributed by atoms with Crippen molar-refractivity contribution in [3.63, 3.8) is 0 Å². The molecule has 1 heteroatoms. The molecule has 0 rings (SSSR count). The molecule has 0 aromatic heterocycles. The van der Waals surface area contributed by atoms with E-state index < -0.39 is 0 Å². The van der Waals surface area contributed by atoms with Gasteiger partial charge in [0.25, 0.3) is 0 Å². The molecule has 0 aromatic rings. The molecule has 0 saturated carbocycles. The fourth-order valence-corrected chi connectivity index (χ4v) is 1.77. The summed E-state index contributed by atoms with van der Waals surface area (Å²) in [5.74, 6) is 0. The molecule has 0 aliphatic carbocycles. The van der Waals surface area contributed by atoms with Gasteiger partial charge in [-0.15, -0.1) is 0 Å². The van der Waals surface area contributed by atoms with E-state index in [-0.39, 0.29) is 0 Å². The van der Waals surface area contributed by atoms with E-state index in [0.29, 0.717) is 13.2 Å². The summed E-state index contributed by atoms with van der Waals surface area (Å²) in [4.78, 5) is 0. The zero-order valence-corrected chi connectivity index (χ0v) is 14.5. The molecular weight excluding hydrogens is 256 g/mol. The van der Waals surface area contributed by atoms with Crippen LogP contribution in [0.4, 0.5) is 0 Å². The molecule has 0 aromatic carbocycles. The molecule has 120 valence electrons. The third-order valence-electron chi connectivity index (χ3n) is 3.14. The van der Waals surface area contributed by atoms with Crippen LogP contribution in [0.3, 0.4) is 0 Å². The van der Waals surface area contributed by atoms with E-state index in [1.165, 1.54) is 49.7 Å². The lowest BCUT2D eigenvalue weighted by molar-refractivity contribution is 0.180. The Morgan fingerprint density at radius 1 is 0.762 bits per heavy atom. The molecular formula is C20H34O. The first-order valence-electron chi connectivity index (χ1n) is 8.43. The van der Waals surface area contributed by atoms with Crippen LogP contribution >= 0.6 is 0 Å². The Labute approximate surface area is 132 Å². The summed E-state index contributed by atoms with van der Waals surface area (Å²) >= 11 is 0. The van der Waals surface area contributed by atoms with Gasteiger partial charge < -0.3 is 4.74 Å². The Morgan fingerprint density at radius 2 is 1.19 bits per heavy atom. The highest BCUT2D eigenvalue weighted by atomic mass is 16.5. The van der Waals surface area contributed by atoms with Crippen molar-refractivity contribution < 1.29 is 4.74 Å². The second-order valence-electron chi connectivity index (χ2n) is 5.66. The third kappa shape index (κ3) is 15.1. The van der Waals surface area contributed by atoms with Gasteiger partial charge in [0.1, 0.15) is 0 Å². The van der Waals surface area contributed by atoms with Crippen LogP contribution in [0, 0.1) is 0 Å². The third-order valence-corrected chi connectivity index (χ3v) is 3.14. The van der Waals surface area contributed by atoms with Crippen LogP contribution in [0.15, 0.2) is 47.6 Å². The van der Waals surface area contributed by atoms with E-state index >= 15 is 0 Å². The van der Waals surface area contributed by atoms with Gasteiger partial charge in [-0.3, -0.25) is 0 Å². The molecule has 0 unspecified atom stereocenters. The van der Waals surface area contributed by atoms with Crippen molar-refractivity contribution in [2.24, 2.45) is 0 Å².